The fourth-order valence-electron chi connectivity index (χ4n) is 8.38. The molecule has 0 saturated carbocycles. The number of phosphoric acid groups is 1. The van der Waals surface area contributed by atoms with Gasteiger partial charge in [0.1, 0.15) is 13.2 Å². The third-order valence-corrected chi connectivity index (χ3v) is 14.3. The number of carbonyl (C=O) groups is 1. The molecule has 3 atom stereocenters. The lowest BCUT2D eigenvalue weighted by molar-refractivity contribution is -0.870. The highest BCUT2D eigenvalue weighted by atomic mass is 31.2. The van der Waals surface area contributed by atoms with Crippen LogP contribution in [-0.4, -0.2) is 73.4 Å². The Hall–Kier alpha value is -3.62. The molecule has 0 aromatic carbocycles. The van der Waals surface area contributed by atoms with Gasteiger partial charge in [-0.2, -0.15) is 0 Å². The van der Waals surface area contributed by atoms with Crippen LogP contribution in [-0.2, 0) is 18.4 Å². The van der Waals surface area contributed by atoms with E-state index in [2.05, 4.69) is 153 Å². The van der Waals surface area contributed by atoms with Crippen LogP contribution in [0.25, 0.3) is 0 Å². The van der Waals surface area contributed by atoms with E-state index in [0.29, 0.717) is 17.4 Å². The van der Waals surface area contributed by atoms with E-state index in [-0.39, 0.29) is 25.5 Å². The van der Waals surface area contributed by atoms with Crippen LogP contribution in [0.5, 0.6) is 0 Å². The number of phosphoric ester groups is 1. The summed E-state index contributed by atoms with van der Waals surface area (Å²) in [6.07, 6.45) is 91.2. The van der Waals surface area contributed by atoms with Crippen molar-refractivity contribution in [2.75, 3.05) is 40.9 Å². The standard InChI is InChI=1S/C70H119N2O6P/c1-6-8-10-12-14-16-18-20-22-24-26-28-30-32-33-34-35-36-37-38-39-40-42-44-46-48-50-52-54-56-58-60-62-64-70(74)71-68(67-78-79(75,76)77-66-65-72(3,4)5)69(73)63-61-59-57-55-53-51-49-47-45-43-41-31-29-27-25-23-21-19-17-15-13-11-9-7-2/h8,10,14,16,20,22,26,28,32-33,35-36,38-39,42,44,48,50,53-56,61,63,68-69,73H,6-7,9,11-13,15,17-19,21,23-25,27,29-31,34,37,40-41,43,45-47,49,51-52,57-60,62,64-67H2,1-5H3,(H-,71,74,75,76)/p+1/b10-8-,16-14-,22-20-,28-26-,33-32-,36-35-,39-38-,44-42-,50-48-,55-53+,56-54-,63-61+. The number of allylic oxidation sites excluding steroid dienone is 23. The fourth-order valence-corrected chi connectivity index (χ4v) is 9.12. The maximum Gasteiger partial charge on any atom is 0.472 e. The van der Waals surface area contributed by atoms with Gasteiger partial charge in [-0.1, -0.05) is 269 Å². The molecule has 0 spiro atoms. The first-order valence-electron chi connectivity index (χ1n) is 31.7. The molecule has 0 aliphatic rings. The van der Waals surface area contributed by atoms with Gasteiger partial charge in [-0.25, -0.2) is 4.57 Å². The number of amides is 1. The molecular formula is C70H120N2O6P+. The van der Waals surface area contributed by atoms with Crippen molar-refractivity contribution < 1.29 is 32.9 Å². The van der Waals surface area contributed by atoms with Crippen molar-refractivity contribution in [2.45, 2.75) is 251 Å². The average Bonchev–Trinajstić information content (AvgIpc) is 3.42. The van der Waals surface area contributed by atoms with E-state index in [9.17, 15) is 19.4 Å². The van der Waals surface area contributed by atoms with Crippen LogP contribution in [0, 0.1) is 0 Å². The first-order valence-corrected chi connectivity index (χ1v) is 33.2. The summed E-state index contributed by atoms with van der Waals surface area (Å²) in [5.41, 5.74) is 0. The number of hydrogen-bond acceptors (Lipinski definition) is 5. The molecule has 79 heavy (non-hydrogen) atoms. The van der Waals surface area contributed by atoms with E-state index in [1.165, 1.54) is 116 Å². The number of nitrogens with zero attached hydrogens (tertiary/aromatic N) is 1. The Labute approximate surface area is 487 Å². The van der Waals surface area contributed by atoms with Gasteiger partial charge in [0.2, 0.25) is 5.91 Å². The van der Waals surface area contributed by atoms with Crippen molar-refractivity contribution in [1.82, 2.24) is 5.32 Å². The van der Waals surface area contributed by atoms with Crippen molar-refractivity contribution in [2.24, 2.45) is 0 Å². The molecule has 0 rings (SSSR count). The van der Waals surface area contributed by atoms with Crippen molar-refractivity contribution >= 4 is 13.7 Å². The van der Waals surface area contributed by atoms with E-state index >= 15 is 0 Å². The minimum atomic E-state index is -4.38. The van der Waals surface area contributed by atoms with E-state index in [1.54, 1.807) is 6.08 Å². The normalized spacial score (nSPS) is 14.8. The van der Waals surface area contributed by atoms with Gasteiger partial charge in [0.15, 0.2) is 0 Å². The average molecular weight is 1120 g/mol. The number of aliphatic hydroxyl groups is 1. The van der Waals surface area contributed by atoms with Crippen molar-refractivity contribution in [3.63, 3.8) is 0 Å². The zero-order chi connectivity index (χ0) is 57.7. The first-order chi connectivity index (χ1) is 38.5. The number of hydrogen-bond donors (Lipinski definition) is 3. The maximum atomic E-state index is 13.0. The molecule has 0 fully saturated rings. The van der Waals surface area contributed by atoms with Gasteiger partial charge in [0, 0.05) is 6.42 Å². The van der Waals surface area contributed by atoms with Gasteiger partial charge in [-0.05, 0) is 109 Å². The predicted molar refractivity (Wildman–Crippen MR) is 345 cm³/mol. The molecule has 0 heterocycles. The zero-order valence-corrected chi connectivity index (χ0v) is 52.2. The SMILES string of the molecule is CC/C=C\C/C=C\C/C=C\C/C=C\C/C=C\C/C=C\C/C=C\C/C=C\C/C=C\C/C=C\CCCCC(=O)NC(COP(=O)(O)OCC[N+](C)(C)C)C(O)/C=C/CC/C=C/CCCCCCCCCCCCCCCCCCCC. The third-order valence-electron chi connectivity index (χ3n) is 13.3. The lowest BCUT2D eigenvalue weighted by Crippen LogP contribution is -2.45. The molecule has 0 radical (unpaired) electrons. The van der Waals surface area contributed by atoms with E-state index in [4.69, 9.17) is 9.05 Å². The molecule has 1 amide bonds. The molecule has 0 aliphatic carbocycles. The van der Waals surface area contributed by atoms with Crippen molar-refractivity contribution in [3.8, 4) is 0 Å². The summed E-state index contributed by atoms with van der Waals surface area (Å²) >= 11 is 0. The molecule has 3 unspecified atom stereocenters. The van der Waals surface area contributed by atoms with E-state index < -0.39 is 20.0 Å². The molecule has 0 saturated heterocycles. The van der Waals surface area contributed by atoms with Crippen LogP contribution >= 0.6 is 7.82 Å². The highest BCUT2D eigenvalue weighted by Gasteiger charge is 2.27. The smallest absolute Gasteiger partial charge is 0.387 e. The highest BCUT2D eigenvalue weighted by molar-refractivity contribution is 7.47. The Morgan fingerprint density at radius 3 is 1.16 bits per heavy atom. The van der Waals surface area contributed by atoms with Crippen LogP contribution in [0.2, 0.25) is 0 Å². The van der Waals surface area contributed by atoms with Gasteiger partial charge >= 0.3 is 7.82 Å². The molecular weight excluding hydrogens is 996 g/mol. The number of unbranched alkanes of at least 4 members (excludes halogenated alkanes) is 21. The maximum absolute atomic E-state index is 13.0. The van der Waals surface area contributed by atoms with Crippen LogP contribution in [0.4, 0.5) is 0 Å². The van der Waals surface area contributed by atoms with Crippen molar-refractivity contribution in [3.05, 3.63) is 146 Å². The topological polar surface area (TPSA) is 105 Å². The van der Waals surface area contributed by atoms with E-state index in [1.807, 2.05) is 27.2 Å². The summed E-state index contributed by atoms with van der Waals surface area (Å²) in [6, 6.07) is -0.900. The third kappa shape index (κ3) is 61.8. The summed E-state index contributed by atoms with van der Waals surface area (Å²) in [4.78, 5) is 23.3. The van der Waals surface area contributed by atoms with Crippen LogP contribution in [0.1, 0.15) is 239 Å². The monoisotopic (exact) mass is 1120 g/mol. The summed E-state index contributed by atoms with van der Waals surface area (Å²) in [5.74, 6) is -0.234. The van der Waals surface area contributed by atoms with Gasteiger partial charge in [0.25, 0.3) is 0 Å². The number of carbonyl (C=O) groups excluding carboxylic acids is 1. The second kappa shape index (κ2) is 59.0. The second-order valence-corrected chi connectivity index (χ2v) is 23.5. The molecule has 450 valence electrons. The largest absolute Gasteiger partial charge is 0.472 e. The second-order valence-electron chi connectivity index (χ2n) is 22.0. The van der Waals surface area contributed by atoms with Gasteiger partial charge < -0.3 is 19.8 Å². The molecule has 0 aromatic rings. The molecule has 9 heteroatoms. The van der Waals surface area contributed by atoms with E-state index in [0.717, 1.165) is 96.3 Å². The molecule has 3 N–H and O–H groups in total. The Morgan fingerprint density at radius 1 is 0.443 bits per heavy atom. The summed E-state index contributed by atoms with van der Waals surface area (Å²) in [5, 5.41) is 13.9. The van der Waals surface area contributed by atoms with Gasteiger partial charge in [0.05, 0.1) is 39.9 Å². The number of likely N-dealkylation sites (N-methyl/N-ethyl adjacent to an activating group) is 1. The number of nitrogens with one attached hydrogen (secondary N) is 1. The Balaban J connectivity index is 4.35. The number of rotatable bonds is 56. The number of quaternary nitrogens is 1. The minimum absolute atomic E-state index is 0.0393. The van der Waals surface area contributed by atoms with Gasteiger partial charge in [-0.3, -0.25) is 13.8 Å². The molecule has 0 aromatic heterocycles. The fraction of sp³-hybridized carbons (Fsp3) is 0.643. The zero-order valence-electron chi connectivity index (χ0n) is 51.3. The molecule has 8 nitrogen and oxygen atoms in total. The number of aliphatic hydroxyl groups excluding tert-OH is 1. The quantitative estimate of drug-likeness (QED) is 0.0243. The van der Waals surface area contributed by atoms with Crippen LogP contribution in [0.3, 0.4) is 0 Å². The van der Waals surface area contributed by atoms with Crippen molar-refractivity contribution in [1.29, 1.82) is 0 Å². The minimum Gasteiger partial charge on any atom is -0.387 e. The van der Waals surface area contributed by atoms with Crippen LogP contribution in [0.15, 0.2) is 146 Å². The summed E-state index contributed by atoms with van der Waals surface area (Å²) in [6.45, 7) is 4.65. The first kappa shape index (κ1) is 75.4. The summed E-state index contributed by atoms with van der Waals surface area (Å²) in [7, 11) is 1.51. The Bertz CT molecular complexity index is 1790. The lowest BCUT2D eigenvalue weighted by Gasteiger charge is -2.25. The predicted octanol–water partition coefficient (Wildman–Crippen LogP) is 20.0. The lowest BCUT2D eigenvalue weighted by atomic mass is 10.0. The van der Waals surface area contributed by atoms with Crippen LogP contribution < -0.4 is 5.32 Å². The molecule has 0 bridgehead atoms. The summed E-state index contributed by atoms with van der Waals surface area (Å²) < 4.78 is 23.7. The van der Waals surface area contributed by atoms with Gasteiger partial charge in [-0.15, -0.1) is 0 Å². The Kier molecular flexibility index (Phi) is 56.3. The Morgan fingerprint density at radius 2 is 0.772 bits per heavy atom. The molecule has 0 aliphatic heterocycles. The highest BCUT2D eigenvalue weighted by Crippen LogP contribution is 2.43.